The molecule has 214 valence electrons. The van der Waals surface area contributed by atoms with Gasteiger partial charge in [0.25, 0.3) is 11.2 Å². The lowest BCUT2D eigenvalue weighted by molar-refractivity contribution is -0.384. The summed E-state index contributed by atoms with van der Waals surface area (Å²) in [5.41, 5.74) is 0.729. The van der Waals surface area contributed by atoms with Crippen LogP contribution in [0.2, 0.25) is 0 Å². The first kappa shape index (κ1) is 28.2. The summed E-state index contributed by atoms with van der Waals surface area (Å²) >= 11 is 1.09. The van der Waals surface area contributed by atoms with Gasteiger partial charge in [0, 0.05) is 19.1 Å². The molecule has 0 radical (unpaired) electrons. The van der Waals surface area contributed by atoms with E-state index in [0.29, 0.717) is 27.4 Å². The fourth-order valence-corrected chi connectivity index (χ4v) is 5.67. The van der Waals surface area contributed by atoms with Crippen molar-refractivity contribution >= 4 is 35.0 Å². The van der Waals surface area contributed by atoms with Crippen LogP contribution < -0.4 is 24.4 Å². The lowest BCUT2D eigenvalue weighted by Crippen LogP contribution is -2.39. The zero-order chi connectivity index (χ0) is 30.1. The molecule has 1 aliphatic rings. The average Bonchev–Trinajstić information content (AvgIpc) is 3.56. The van der Waals surface area contributed by atoms with Crippen molar-refractivity contribution < 1.29 is 33.1 Å². The molecule has 1 aliphatic heterocycles. The van der Waals surface area contributed by atoms with Crippen LogP contribution in [0, 0.1) is 10.1 Å². The molecule has 0 aliphatic carbocycles. The van der Waals surface area contributed by atoms with Crippen molar-refractivity contribution in [2.24, 2.45) is 4.99 Å². The second-order valence-electron chi connectivity index (χ2n) is 9.05. The van der Waals surface area contributed by atoms with Crippen LogP contribution >= 0.6 is 11.3 Å². The minimum absolute atomic E-state index is 0.112. The molecule has 5 rings (SSSR count). The number of para-hydroxylation sites is 1. The number of nitrogens with zero attached hydrogens (tertiary/aromatic N) is 3. The van der Waals surface area contributed by atoms with Gasteiger partial charge in [-0.15, -0.1) is 0 Å². The number of benzene rings is 2. The van der Waals surface area contributed by atoms with Gasteiger partial charge in [0.1, 0.15) is 11.5 Å². The molecule has 2 aromatic carbocycles. The smallest absolute Gasteiger partial charge is 0.338 e. The van der Waals surface area contributed by atoms with Gasteiger partial charge in [0.15, 0.2) is 16.3 Å². The Balaban J connectivity index is 1.65. The van der Waals surface area contributed by atoms with Crippen LogP contribution in [0.1, 0.15) is 31.2 Å². The van der Waals surface area contributed by atoms with E-state index in [1.807, 2.05) is 0 Å². The van der Waals surface area contributed by atoms with Crippen molar-refractivity contribution in [3.05, 3.63) is 107 Å². The number of ether oxygens (including phenoxy) is 3. The van der Waals surface area contributed by atoms with Gasteiger partial charge in [-0.25, -0.2) is 9.79 Å². The van der Waals surface area contributed by atoms with Crippen molar-refractivity contribution in [1.29, 1.82) is 0 Å². The molecule has 0 amide bonds. The number of carbonyl (C=O) groups is 2. The maximum atomic E-state index is 13.8. The number of nitro benzene ring substituents is 1. The predicted octanol–water partition coefficient (Wildman–Crippen LogP) is 3.51. The number of rotatable bonds is 7. The maximum Gasteiger partial charge on any atom is 0.338 e. The molecular weight excluding hydrogens is 566 g/mol. The molecule has 2 aromatic heterocycles. The number of hydrogen-bond acceptors (Lipinski definition) is 11. The van der Waals surface area contributed by atoms with Crippen molar-refractivity contribution in [3.8, 4) is 22.8 Å². The van der Waals surface area contributed by atoms with Crippen molar-refractivity contribution in [1.82, 2.24) is 4.57 Å². The van der Waals surface area contributed by atoms with E-state index < -0.39 is 28.5 Å². The number of allylic oxidation sites excluding steroid dienone is 1. The molecule has 0 spiro atoms. The Hall–Kier alpha value is -5.30. The number of methoxy groups -OCH3 is 2. The Kier molecular flexibility index (Phi) is 7.59. The second-order valence-corrected chi connectivity index (χ2v) is 10.1. The van der Waals surface area contributed by atoms with Crippen molar-refractivity contribution in [2.45, 2.75) is 19.9 Å². The quantitative estimate of drug-likeness (QED) is 0.136. The standard InChI is InChI=1S/C29H23N3O9S/c1-15-25(28(35)39-4)26(17-9-11-22(40-16(2)33)23(13-17)38-3)31-27(34)24(42-29(31)30-15)14-18-10-12-21(41-18)19-7-5-6-8-20(19)32(36)37/h5-14,26H,1-4H3. The molecule has 0 N–H and O–H groups in total. The molecule has 4 aromatic rings. The topological polar surface area (TPSA) is 152 Å². The van der Waals surface area contributed by atoms with Gasteiger partial charge in [-0.05, 0) is 42.8 Å². The normalized spacial score (nSPS) is 14.7. The summed E-state index contributed by atoms with van der Waals surface area (Å²) in [6.45, 7) is 2.90. The highest BCUT2D eigenvalue weighted by molar-refractivity contribution is 7.07. The molecule has 0 fully saturated rings. The van der Waals surface area contributed by atoms with E-state index in [1.54, 1.807) is 49.4 Å². The molecule has 13 heteroatoms. The van der Waals surface area contributed by atoms with Gasteiger partial charge in [-0.3, -0.25) is 24.3 Å². The maximum absolute atomic E-state index is 13.8. The number of furan rings is 1. The zero-order valence-electron chi connectivity index (χ0n) is 22.8. The Labute approximate surface area is 241 Å². The third kappa shape index (κ3) is 5.12. The first-order valence-corrected chi connectivity index (χ1v) is 13.3. The molecule has 0 saturated carbocycles. The number of esters is 2. The van der Waals surface area contributed by atoms with Crippen LogP contribution in [0.15, 0.2) is 80.1 Å². The van der Waals surface area contributed by atoms with E-state index in [4.69, 9.17) is 18.6 Å². The minimum atomic E-state index is -0.935. The van der Waals surface area contributed by atoms with E-state index in [-0.39, 0.29) is 33.1 Å². The highest BCUT2D eigenvalue weighted by Gasteiger charge is 2.34. The van der Waals surface area contributed by atoms with Crippen LogP contribution in [0.25, 0.3) is 17.4 Å². The highest BCUT2D eigenvalue weighted by atomic mass is 32.1. The van der Waals surface area contributed by atoms with Gasteiger partial charge >= 0.3 is 11.9 Å². The second kappa shape index (κ2) is 11.3. The molecule has 0 bridgehead atoms. The number of nitro groups is 1. The Morgan fingerprint density at radius 3 is 2.57 bits per heavy atom. The van der Waals surface area contributed by atoms with E-state index in [0.717, 1.165) is 11.3 Å². The van der Waals surface area contributed by atoms with E-state index >= 15 is 0 Å². The molecule has 1 unspecified atom stereocenters. The summed E-state index contributed by atoms with van der Waals surface area (Å²) < 4.78 is 23.1. The highest BCUT2D eigenvalue weighted by Crippen LogP contribution is 2.36. The summed E-state index contributed by atoms with van der Waals surface area (Å²) in [5, 5.41) is 11.5. The molecule has 12 nitrogen and oxygen atoms in total. The van der Waals surface area contributed by atoms with Crippen molar-refractivity contribution in [3.63, 3.8) is 0 Å². The van der Waals surface area contributed by atoms with Crippen LogP contribution in [-0.2, 0) is 14.3 Å². The predicted molar refractivity (Wildman–Crippen MR) is 151 cm³/mol. The molecule has 1 atom stereocenters. The van der Waals surface area contributed by atoms with Crippen LogP contribution in [0.3, 0.4) is 0 Å². The first-order valence-electron chi connectivity index (χ1n) is 12.4. The molecule has 42 heavy (non-hydrogen) atoms. The van der Waals surface area contributed by atoms with Gasteiger partial charge in [0.2, 0.25) is 0 Å². The van der Waals surface area contributed by atoms with E-state index in [1.165, 1.54) is 43.9 Å². The van der Waals surface area contributed by atoms with Gasteiger partial charge in [0.05, 0.1) is 46.6 Å². The van der Waals surface area contributed by atoms with Gasteiger partial charge in [-0.1, -0.05) is 29.5 Å². The summed E-state index contributed by atoms with van der Waals surface area (Å²) in [7, 11) is 2.64. The first-order chi connectivity index (χ1) is 20.1. The largest absolute Gasteiger partial charge is 0.493 e. The third-order valence-electron chi connectivity index (χ3n) is 6.45. The van der Waals surface area contributed by atoms with Gasteiger partial charge in [-0.2, -0.15) is 0 Å². The fourth-order valence-electron chi connectivity index (χ4n) is 4.65. The summed E-state index contributed by atoms with van der Waals surface area (Å²) in [6.07, 6.45) is 1.51. The van der Waals surface area contributed by atoms with Crippen LogP contribution in [0.4, 0.5) is 5.69 Å². The molecule has 0 saturated heterocycles. The summed E-state index contributed by atoms with van der Waals surface area (Å²) in [4.78, 5) is 54.1. The Bertz CT molecular complexity index is 1970. The van der Waals surface area contributed by atoms with E-state index in [9.17, 15) is 24.5 Å². The number of fused-ring (bicyclic) bond motifs is 1. The Morgan fingerprint density at radius 2 is 1.88 bits per heavy atom. The SMILES string of the molecule is COC(=O)C1=C(C)N=c2sc(=Cc3ccc(-c4ccccc4[N+](=O)[O-])o3)c(=O)n2C1c1ccc(OC(C)=O)c(OC)c1. The zero-order valence-corrected chi connectivity index (χ0v) is 23.6. The number of thiazole rings is 1. The van der Waals surface area contributed by atoms with E-state index in [2.05, 4.69) is 4.99 Å². The number of carbonyl (C=O) groups excluding carboxylic acids is 2. The van der Waals surface area contributed by atoms with Crippen LogP contribution in [0.5, 0.6) is 11.5 Å². The summed E-state index contributed by atoms with van der Waals surface area (Å²) in [6, 6.07) is 13.2. The van der Waals surface area contributed by atoms with Crippen LogP contribution in [-0.4, -0.2) is 35.6 Å². The minimum Gasteiger partial charge on any atom is -0.493 e. The monoisotopic (exact) mass is 589 g/mol. The summed E-state index contributed by atoms with van der Waals surface area (Å²) in [5.74, 6) is -0.249. The van der Waals surface area contributed by atoms with Crippen molar-refractivity contribution in [2.75, 3.05) is 14.2 Å². The van der Waals surface area contributed by atoms with Gasteiger partial charge < -0.3 is 18.6 Å². The Morgan fingerprint density at radius 1 is 1.12 bits per heavy atom. The lowest BCUT2D eigenvalue weighted by Gasteiger charge is -2.25. The number of hydrogen-bond donors (Lipinski definition) is 0. The molecular formula is C29H23N3O9S. The fraction of sp³-hybridized carbons (Fsp3) is 0.172. The third-order valence-corrected chi connectivity index (χ3v) is 7.43. The lowest BCUT2D eigenvalue weighted by atomic mass is 9.95. The average molecular weight is 590 g/mol. The number of aromatic nitrogens is 1. The molecule has 3 heterocycles.